The monoisotopic (exact) mass is 256 g/mol. The normalized spacial score (nSPS) is 12.4. The Morgan fingerprint density at radius 2 is 1.88 bits per heavy atom. The Kier molecular flexibility index (Phi) is 6.01. The molecule has 0 fully saturated rings. The zero-order chi connectivity index (χ0) is 12.7. The molecule has 1 aromatic rings. The second-order valence-electron chi connectivity index (χ2n) is 4.09. The molecule has 0 aliphatic carbocycles. The van der Waals surface area contributed by atoms with Gasteiger partial charge < -0.3 is 10.2 Å². The van der Waals surface area contributed by atoms with Gasteiger partial charge in [-0.05, 0) is 37.0 Å². The van der Waals surface area contributed by atoms with E-state index in [4.69, 9.17) is 21.8 Å². The molecule has 0 spiro atoms. The molecule has 0 amide bonds. The molecular formula is C13H17ClO3. The molecule has 1 aromatic carbocycles. The van der Waals surface area contributed by atoms with Gasteiger partial charge in [0.25, 0.3) is 0 Å². The molecule has 1 rings (SSSR count). The summed E-state index contributed by atoms with van der Waals surface area (Å²) >= 11 is 5.77. The number of hydrogen-bond acceptors (Lipinski definition) is 2. The van der Waals surface area contributed by atoms with E-state index in [-0.39, 0.29) is 12.5 Å². The zero-order valence-corrected chi connectivity index (χ0v) is 10.4. The van der Waals surface area contributed by atoms with E-state index in [1.165, 1.54) is 0 Å². The highest BCUT2D eigenvalue weighted by molar-refractivity contribution is 6.30. The third kappa shape index (κ3) is 5.20. The summed E-state index contributed by atoms with van der Waals surface area (Å²) in [4.78, 5) is 11.1. The van der Waals surface area contributed by atoms with Gasteiger partial charge in [0.2, 0.25) is 0 Å². The molecule has 0 heterocycles. The second-order valence-corrected chi connectivity index (χ2v) is 4.52. The Morgan fingerprint density at radius 1 is 1.24 bits per heavy atom. The van der Waals surface area contributed by atoms with Gasteiger partial charge in [0.1, 0.15) is 0 Å². The Morgan fingerprint density at radius 3 is 2.41 bits per heavy atom. The molecule has 4 heteroatoms. The first-order valence-electron chi connectivity index (χ1n) is 5.71. The first-order chi connectivity index (χ1) is 8.13. The summed E-state index contributed by atoms with van der Waals surface area (Å²) in [5.74, 6) is -1.17. The van der Waals surface area contributed by atoms with Crippen LogP contribution in [0.15, 0.2) is 24.3 Å². The zero-order valence-electron chi connectivity index (χ0n) is 9.60. The number of hydrogen-bond donors (Lipinski definition) is 2. The highest BCUT2D eigenvalue weighted by Gasteiger charge is 2.17. The summed E-state index contributed by atoms with van der Waals surface area (Å²) in [6.45, 7) is 0.118. The lowest BCUT2D eigenvalue weighted by Crippen LogP contribution is -2.16. The number of halogens is 1. The van der Waals surface area contributed by atoms with Crippen LogP contribution in [0.25, 0.3) is 0 Å². The summed E-state index contributed by atoms with van der Waals surface area (Å²) in [6, 6.07) is 7.24. The van der Waals surface area contributed by atoms with Crippen molar-refractivity contribution in [1.29, 1.82) is 0 Å². The minimum absolute atomic E-state index is 0.118. The highest BCUT2D eigenvalue weighted by Crippen LogP contribution is 2.17. The minimum Gasteiger partial charge on any atom is -0.481 e. The molecular weight excluding hydrogens is 240 g/mol. The minimum atomic E-state index is -0.780. The van der Waals surface area contributed by atoms with Crippen LogP contribution in [-0.2, 0) is 11.2 Å². The Hall–Kier alpha value is -1.06. The van der Waals surface area contributed by atoms with Gasteiger partial charge in [0.05, 0.1) is 5.92 Å². The first-order valence-corrected chi connectivity index (χ1v) is 6.09. The molecule has 17 heavy (non-hydrogen) atoms. The Bertz CT molecular complexity index is 348. The van der Waals surface area contributed by atoms with Gasteiger partial charge >= 0.3 is 5.97 Å². The van der Waals surface area contributed by atoms with Crippen molar-refractivity contribution in [1.82, 2.24) is 0 Å². The maximum Gasteiger partial charge on any atom is 0.306 e. The quantitative estimate of drug-likeness (QED) is 0.738. The molecule has 0 aromatic heterocycles. The number of benzene rings is 1. The standard InChI is InChI=1S/C13H17ClO3/c14-12-6-4-10(5-7-12)9-11(13(16)17)3-1-2-8-15/h4-7,11,15H,1-3,8-9H2,(H,16,17). The van der Waals surface area contributed by atoms with E-state index in [1.54, 1.807) is 12.1 Å². The number of unbranched alkanes of at least 4 members (excludes halogenated alkanes) is 1. The van der Waals surface area contributed by atoms with Crippen LogP contribution in [0.4, 0.5) is 0 Å². The predicted molar refractivity (Wildman–Crippen MR) is 67.2 cm³/mol. The lowest BCUT2D eigenvalue weighted by atomic mass is 9.94. The topological polar surface area (TPSA) is 57.5 Å². The molecule has 0 saturated carbocycles. The summed E-state index contributed by atoms with van der Waals surface area (Å²) in [7, 11) is 0. The number of aliphatic hydroxyl groups is 1. The van der Waals surface area contributed by atoms with Crippen molar-refractivity contribution in [2.24, 2.45) is 5.92 Å². The molecule has 2 N–H and O–H groups in total. The molecule has 0 bridgehead atoms. The number of aliphatic hydroxyl groups excluding tert-OH is 1. The van der Waals surface area contributed by atoms with Crippen molar-refractivity contribution in [3.05, 3.63) is 34.9 Å². The summed E-state index contributed by atoms with van der Waals surface area (Å²) in [6.07, 6.45) is 2.50. The summed E-state index contributed by atoms with van der Waals surface area (Å²) < 4.78 is 0. The molecule has 0 radical (unpaired) electrons. The van der Waals surface area contributed by atoms with Crippen LogP contribution < -0.4 is 0 Å². The van der Waals surface area contributed by atoms with E-state index >= 15 is 0 Å². The first kappa shape index (κ1) is 14.0. The lowest BCUT2D eigenvalue weighted by Gasteiger charge is -2.11. The van der Waals surface area contributed by atoms with Crippen LogP contribution in [0.1, 0.15) is 24.8 Å². The largest absolute Gasteiger partial charge is 0.481 e. The third-order valence-electron chi connectivity index (χ3n) is 2.71. The number of carboxylic acid groups (broad SMARTS) is 1. The van der Waals surface area contributed by atoms with Crippen LogP contribution in [0.5, 0.6) is 0 Å². The van der Waals surface area contributed by atoms with Gasteiger partial charge in [-0.2, -0.15) is 0 Å². The van der Waals surface area contributed by atoms with Gasteiger partial charge in [-0.15, -0.1) is 0 Å². The SMILES string of the molecule is O=C(O)C(CCCCO)Cc1ccc(Cl)cc1. The average molecular weight is 257 g/mol. The predicted octanol–water partition coefficient (Wildman–Crippen LogP) is 2.75. The lowest BCUT2D eigenvalue weighted by molar-refractivity contribution is -0.142. The van der Waals surface area contributed by atoms with E-state index in [1.807, 2.05) is 12.1 Å². The van der Waals surface area contributed by atoms with Crippen molar-refractivity contribution in [2.45, 2.75) is 25.7 Å². The maximum absolute atomic E-state index is 11.1. The van der Waals surface area contributed by atoms with Gasteiger partial charge in [0, 0.05) is 11.6 Å². The number of carboxylic acids is 1. The van der Waals surface area contributed by atoms with Gasteiger partial charge in [-0.3, -0.25) is 4.79 Å². The highest BCUT2D eigenvalue weighted by atomic mass is 35.5. The van der Waals surface area contributed by atoms with Crippen LogP contribution in [0.2, 0.25) is 5.02 Å². The van der Waals surface area contributed by atoms with Crippen molar-refractivity contribution < 1.29 is 15.0 Å². The van der Waals surface area contributed by atoms with Gasteiger partial charge in [-0.25, -0.2) is 0 Å². The van der Waals surface area contributed by atoms with Crippen LogP contribution >= 0.6 is 11.6 Å². The fourth-order valence-corrected chi connectivity index (χ4v) is 1.85. The molecule has 3 nitrogen and oxygen atoms in total. The van der Waals surface area contributed by atoms with Crippen LogP contribution in [0, 0.1) is 5.92 Å². The third-order valence-corrected chi connectivity index (χ3v) is 2.96. The Balaban J connectivity index is 2.54. The van der Waals surface area contributed by atoms with Crippen LogP contribution in [0.3, 0.4) is 0 Å². The molecule has 1 atom stereocenters. The van der Waals surface area contributed by atoms with E-state index in [0.29, 0.717) is 24.3 Å². The molecule has 1 unspecified atom stereocenters. The molecule has 0 aliphatic heterocycles. The fraction of sp³-hybridized carbons (Fsp3) is 0.462. The molecule has 94 valence electrons. The van der Waals surface area contributed by atoms with Crippen molar-refractivity contribution in [3.63, 3.8) is 0 Å². The second kappa shape index (κ2) is 7.30. The number of aliphatic carboxylic acids is 1. The van der Waals surface area contributed by atoms with Crippen LogP contribution in [-0.4, -0.2) is 22.8 Å². The van der Waals surface area contributed by atoms with Gasteiger partial charge in [0.15, 0.2) is 0 Å². The number of carbonyl (C=O) groups is 1. The summed E-state index contributed by atoms with van der Waals surface area (Å²) in [5.41, 5.74) is 0.978. The van der Waals surface area contributed by atoms with Gasteiger partial charge in [-0.1, -0.05) is 30.2 Å². The van der Waals surface area contributed by atoms with E-state index in [9.17, 15) is 4.79 Å². The average Bonchev–Trinajstić information content (AvgIpc) is 2.30. The number of rotatable bonds is 7. The van der Waals surface area contributed by atoms with Crippen molar-refractivity contribution in [3.8, 4) is 0 Å². The molecule has 0 saturated heterocycles. The van der Waals surface area contributed by atoms with E-state index < -0.39 is 5.97 Å². The fourth-order valence-electron chi connectivity index (χ4n) is 1.72. The smallest absolute Gasteiger partial charge is 0.306 e. The Labute approximate surface area is 106 Å². The van der Waals surface area contributed by atoms with E-state index in [2.05, 4.69) is 0 Å². The van der Waals surface area contributed by atoms with Crippen molar-refractivity contribution in [2.75, 3.05) is 6.61 Å². The summed E-state index contributed by atoms with van der Waals surface area (Å²) in [5, 5.41) is 18.4. The van der Waals surface area contributed by atoms with E-state index in [0.717, 1.165) is 12.0 Å². The van der Waals surface area contributed by atoms with Crippen molar-refractivity contribution >= 4 is 17.6 Å². The molecule has 0 aliphatic rings. The maximum atomic E-state index is 11.1.